The van der Waals surface area contributed by atoms with E-state index in [4.69, 9.17) is 14.2 Å². The van der Waals surface area contributed by atoms with Crippen molar-refractivity contribution in [2.24, 2.45) is 0 Å². The highest BCUT2D eigenvalue weighted by molar-refractivity contribution is 6.01. The second kappa shape index (κ2) is 10.00. The maximum absolute atomic E-state index is 12.7. The fourth-order valence-corrected chi connectivity index (χ4v) is 3.39. The number of pyridine rings is 2. The maximum atomic E-state index is 12.7. The number of nitrogens with zero attached hydrogens (tertiary/aromatic N) is 4. The second-order valence-corrected chi connectivity index (χ2v) is 7.44. The van der Waals surface area contributed by atoms with Crippen LogP contribution in [0.5, 0.6) is 11.8 Å². The number of hydrogen-bond donors (Lipinski definition) is 0. The Labute approximate surface area is 198 Å². The predicted molar refractivity (Wildman–Crippen MR) is 119 cm³/mol. The lowest BCUT2D eigenvalue weighted by atomic mass is 10.1. The summed E-state index contributed by atoms with van der Waals surface area (Å²) in [4.78, 5) is 20.6. The number of fused-ring (bicyclic) bond motifs is 1. The largest absolute Gasteiger partial charge is 0.481 e. The van der Waals surface area contributed by atoms with Crippen molar-refractivity contribution >= 4 is 16.9 Å². The molecule has 182 valence electrons. The number of rotatable bonds is 8. The van der Waals surface area contributed by atoms with Crippen LogP contribution in [0.1, 0.15) is 34.1 Å². The van der Waals surface area contributed by atoms with Crippen molar-refractivity contribution in [3.8, 4) is 11.8 Å². The Balaban J connectivity index is 1.48. The van der Waals surface area contributed by atoms with Gasteiger partial charge in [-0.2, -0.15) is 23.3 Å². The van der Waals surface area contributed by atoms with Crippen LogP contribution in [0, 0.1) is 0 Å². The summed E-state index contributed by atoms with van der Waals surface area (Å²) in [6, 6.07) is 9.82. The van der Waals surface area contributed by atoms with Crippen molar-refractivity contribution in [1.29, 1.82) is 0 Å². The summed E-state index contributed by atoms with van der Waals surface area (Å²) >= 11 is 0. The van der Waals surface area contributed by atoms with E-state index in [1.165, 1.54) is 25.4 Å². The lowest BCUT2D eigenvalue weighted by Gasteiger charge is -2.11. The summed E-state index contributed by atoms with van der Waals surface area (Å²) in [5.41, 5.74) is 1.32. The Morgan fingerprint density at radius 3 is 2.54 bits per heavy atom. The van der Waals surface area contributed by atoms with E-state index < -0.39 is 17.7 Å². The number of carbonyl (C=O) groups excluding carboxylic acids is 1. The van der Waals surface area contributed by atoms with Gasteiger partial charge in [-0.15, -0.1) is 0 Å². The highest BCUT2D eigenvalue weighted by Gasteiger charge is 2.29. The fraction of sp³-hybridized carbons (Fsp3) is 0.250. The molecule has 0 radical (unpaired) electrons. The molecule has 4 rings (SSSR count). The van der Waals surface area contributed by atoms with Crippen LogP contribution >= 0.6 is 0 Å². The topological polar surface area (TPSA) is 88.4 Å². The van der Waals surface area contributed by atoms with E-state index in [9.17, 15) is 18.0 Å². The van der Waals surface area contributed by atoms with Gasteiger partial charge in [0.05, 0.1) is 36.7 Å². The van der Waals surface area contributed by atoms with Crippen molar-refractivity contribution in [3.05, 3.63) is 77.2 Å². The molecule has 0 N–H and O–H groups in total. The van der Waals surface area contributed by atoms with Gasteiger partial charge in [0.2, 0.25) is 11.8 Å². The van der Waals surface area contributed by atoms with Crippen molar-refractivity contribution < 1.29 is 32.2 Å². The third-order valence-electron chi connectivity index (χ3n) is 5.06. The molecule has 0 aliphatic carbocycles. The number of halogens is 3. The number of ether oxygens (including phenoxy) is 3. The van der Waals surface area contributed by atoms with Gasteiger partial charge in [-0.1, -0.05) is 12.1 Å². The van der Waals surface area contributed by atoms with E-state index in [1.807, 2.05) is 0 Å². The number of benzene rings is 1. The molecule has 3 aromatic heterocycles. The van der Waals surface area contributed by atoms with Crippen LogP contribution in [0.15, 0.2) is 54.9 Å². The first-order valence-electron chi connectivity index (χ1n) is 10.6. The first kappa shape index (κ1) is 24.0. The summed E-state index contributed by atoms with van der Waals surface area (Å²) in [6.45, 7) is 2.30. The van der Waals surface area contributed by atoms with Gasteiger partial charge < -0.3 is 14.2 Å². The monoisotopic (exact) mass is 486 g/mol. The average Bonchev–Trinajstić information content (AvgIpc) is 3.25. The molecule has 11 heteroatoms. The van der Waals surface area contributed by atoms with Gasteiger partial charge in [-0.05, 0) is 36.8 Å². The summed E-state index contributed by atoms with van der Waals surface area (Å²) in [7, 11) is 1.47. The van der Waals surface area contributed by atoms with Crippen LogP contribution in [0.2, 0.25) is 0 Å². The van der Waals surface area contributed by atoms with E-state index >= 15 is 0 Å². The van der Waals surface area contributed by atoms with E-state index in [0.717, 1.165) is 12.1 Å². The molecule has 0 saturated heterocycles. The molecule has 3 heterocycles. The van der Waals surface area contributed by atoms with Crippen LogP contribution in [-0.4, -0.2) is 39.4 Å². The van der Waals surface area contributed by atoms with Crippen molar-refractivity contribution in [2.45, 2.75) is 26.3 Å². The van der Waals surface area contributed by atoms with Crippen molar-refractivity contribution in [1.82, 2.24) is 19.7 Å². The molecule has 35 heavy (non-hydrogen) atoms. The first-order chi connectivity index (χ1) is 16.8. The van der Waals surface area contributed by atoms with Crippen molar-refractivity contribution in [2.75, 3.05) is 13.7 Å². The molecule has 0 spiro atoms. The second-order valence-electron chi connectivity index (χ2n) is 7.44. The van der Waals surface area contributed by atoms with Crippen LogP contribution in [0.4, 0.5) is 13.2 Å². The van der Waals surface area contributed by atoms with Gasteiger partial charge in [0.1, 0.15) is 6.61 Å². The van der Waals surface area contributed by atoms with Crippen LogP contribution in [0.25, 0.3) is 10.9 Å². The minimum atomic E-state index is -4.39. The zero-order valence-corrected chi connectivity index (χ0v) is 18.9. The molecule has 4 aromatic rings. The van der Waals surface area contributed by atoms with E-state index in [0.29, 0.717) is 34.5 Å². The Bertz CT molecular complexity index is 1340. The van der Waals surface area contributed by atoms with E-state index in [-0.39, 0.29) is 24.8 Å². The maximum Gasteiger partial charge on any atom is 0.416 e. The summed E-state index contributed by atoms with van der Waals surface area (Å²) < 4.78 is 55.8. The predicted octanol–water partition coefficient (Wildman–Crippen LogP) is 4.66. The number of carbonyl (C=O) groups is 1. The average molecular weight is 486 g/mol. The molecule has 0 unspecified atom stereocenters. The molecular formula is C24H21F3N4O4. The summed E-state index contributed by atoms with van der Waals surface area (Å²) in [5.74, 6) is 0.0367. The minimum absolute atomic E-state index is 0.0435. The molecule has 0 saturated carbocycles. The normalized spacial score (nSPS) is 11.5. The van der Waals surface area contributed by atoms with Gasteiger partial charge >= 0.3 is 12.1 Å². The van der Waals surface area contributed by atoms with E-state index in [2.05, 4.69) is 15.1 Å². The number of alkyl halides is 3. The molecule has 0 bridgehead atoms. The summed E-state index contributed by atoms with van der Waals surface area (Å²) in [6.07, 6.45) is -1.19. The minimum Gasteiger partial charge on any atom is -0.481 e. The van der Waals surface area contributed by atoms with Gasteiger partial charge in [-0.25, -0.2) is 9.78 Å². The summed E-state index contributed by atoms with van der Waals surface area (Å²) in [5, 5.41) is 5.05. The Morgan fingerprint density at radius 1 is 1.09 bits per heavy atom. The number of methoxy groups -OCH3 is 1. The number of hydrogen-bond acceptors (Lipinski definition) is 7. The molecule has 1 aromatic carbocycles. The van der Waals surface area contributed by atoms with Crippen LogP contribution in [0.3, 0.4) is 0 Å². The molecule has 0 fully saturated rings. The molecule has 0 atom stereocenters. The Hall–Kier alpha value is -4.15. The van der Waals surface area contributed by atoms with Crippen LogP contribution < -0.4 is 9.47 Å². The fourth-order valence-electron chi connectivity index (χ4n) is 3.39. The first-order valence-corrected chi connectivity index (χ1v) is 10.6. The smallest absolute Gasteiger partial charge is 0.416 e. The molecule has 0 amide bonds. The van der Waals surface area contributed by atoms with E-state index in [1.54, 1.807) is 36.0 Å². The van der Waals surface area contributed by atoms with Gasteiger partial charge in [0, 0.05) is 24.0 Å². The highest BCUT2D eigenvalue weighted by atomic mass is 19.4. The molecular weight excluding hydrogens is 465 g/mol. The third-order valence-corrected chi connectivity index (χ3v) is 5.06. The number of esters is 1. The van der Waals surface area contributed by atoms with Gasteiger partial charge in [0.15, 0.2) is 5.69 Å². The zero-order valence-electron chi connectivity index (χ0n) is 18.9. The standard InChI is InChI=1S/C24H21F3N4O4/c1-3-34-23(32)21-18-13-31(30-19(18)10-11-28-21)12-16-6-9-20(29-22(16)33-2)35-14-15-4-7-17(8-5-15)24(25,26)27/h4-11,13H,3,12,14H2,1-2H3. The van der Waals surface area contributed by atoms with Gasteiger partial charge in [-0.3, -0.25) is 4.68 Å². The zero-order chi connectivity index (χ0) is 25.0. The Morgan fingerprint density at radius 2 is 1.86 bits per heavy atom. The SMILES string of the molecule is CCOC(=O)c1nccc2nn(Cc3ccc(OCc4ccc(C(F)(F)F)cc4)nc3OC)cc12. The molecule has 0 aliphatic heterocycles. The quantitative estimate of drug-likeness (QED) is 0.335. The number of aromatic nitrogens is 4. The molecule has 8 nitrogen and oxygen atoms in total. The molecule has 0 aliphatic rings. The van der Waals surface area contributed by atoms with Gasteiger partial charge in [0.25, 0.3) is 0 Å². The highest BCUT2D eigenvalue weighted by Crippen LogP contribution is 2.29. The van der Waals surface area contributed by atoms with Crippen LogP contribution in [-0.2, 0) is 24.1 Å². The van der Waals surface area contributed by atoms with Crippen molar-refractivity contribution in [3.63, 3.8) is 0 Å². The third kappa shape index (κ3) is 5.51. The Kier molecular flexibility index (Phi) is 6.85. The lowest BCUT2D eigenvalue weighted by molar-refractivity contribution is -0.137. The lowest BCUT2D eigenvalue weighted by Crippen LogP contribution is -2.07.